The first-order valence-electron chi connectivity index (χ1n) is 3.51. The number of hydrogen-bond donors (Lipinski definition) is 1. The molecule has 1 N–H and O–H groups in total. The van der Waals surface area contributed by atoms with Crippen LogP contribution in [0, 0.1) is 3.57 Å². The highest BCUT2D eigenvalue weighted by atomic mass is 127. The summed E-state index contributed by atoms with van der Waals surface area (Å²) in [6, 6.07) is 0.460. The van der Waals surface area contributed by atoms with E-state index in [4.69, 9.17) is 0 Å². The molecule has 2 nitrogen and oxygen atoms in total. The van der Waals surface area contributed by atoms with Gasteiger partial charge in [0, 0.05) is 11.6 Å². The lowest BCUT2D eigenvalue weighted by molar-refractivity contribution is -0.142. The number of pyridine rings is 1. The van der Waals surface area contributed by atoms with Crippen molar-refractivity contribution in [1.29, 1.82) is 0 Å². The SMILES string of the molecule is O=c1cc(C(F)F)c(I)c(C(F)(F)F)[nH]1. The van der Waals surface area contributed by atoms with Gasteiger partial charge >= 0.3 is 6.18 Å². The number of H-pyrrole nitrogens is 1. The Morgan fingerprint density at radius 1 is 1.33 bits per heavy atom. The third kappa shape index (κ3) is 2.67. The Kier molecular flexibility index (Phi) is 3.36. The van der Waals surface area contributed by atoms with Crippen molar-refractivity contribution in [3.8, 4) is 0 Å². The van der Waals surface area contributed by atoms with E-state index >= 15 is 0 Å². The fourth-order valence-corrected chi connectivity index (χ4v) is 1.75. The summed E-state index contributed by atoms with van der Waals surface area (Å²) in [5.74, 6) is 0. The maximum absolute atomic E-state index is 12.3. The van der Waals surface area contributed by atoms with Crippen LogP contribution in [0.2, 0.25) is 0 Å². The Balaban J connectivity index is 3.49. The van der Waals surface area contributed by atoms with Crippen molar-refractivity contribution in [1.82, 2.24) is 4.98 Å². The number of aromatic nitrogens is 1. The number of alkyl halides is 5. The van der Waals surface area contributed by atoms with Crippen molar-refractivity contribution >= 4 is 22.6 Å². The summed E-state index contributed by atoms with van der Waals surface area (Å²) in [6.45, 7) is 0. The van der Waals surface area contributed by atoms with E-state index in [2.05, 4.69) is 0 Å². The van der Waals surface area contributed by atoms with Gasteiger partial charge in [0.15, 0.2) is 0 Å². The van der Waals surface area contributed by atoms with E-state index in [1.165, 1.54) is 4.98 Å². The summed E-state index contributed by atoms with van der Waals surface area (Å²) in [5.41, 5.74) is -3.55. The molecule has 0 bridgehead atoms. The molecule has 0 amide bonds. The van der Waals surface area contributed by atoms with E-state index in [1.54, 1.807) is 0 Å². The molecule has 0 saturated carbocycles. The molecule has 0 aliphatic carbocycles. The zero-order chi connectivity index (χ0) is 11.8. The minimum absolute atomic E-state index is 0.460. The van der Waals surface area contributed by atoms with Crippen LogP contribution in [0.25, 0.3) is 0 Å². The van der Waals surface area contributed by atoms with Gasteiger partial charge in [-0.05, 0) is 22.6 Å². The summed E-state index contributed by atoms with van der Waals surface area (Å²) in [5, 5.41) is 0. The zero-order valence-electron chi connectivity index (χ0n) is 6.83. The van der Waals surface area contributed by atoms with Crippen LogP contribution in [-0.4, -0.2) is 4.98 Å². The first kappa shape index (κ1) is 12.4. The average molecular weight is 339 g/mol. The maximum Gasteiger partial charge on any atom is 0.432 e. The molecule has 0 spiro atoms. The average Bonchev–Trinajstić information content (AvgIpc) is 2.06. The molecule has 1 heterocycles. The quantitative estimate of drug-likeness (QED) is 0.619. The fraction of sp³-hybridized carbons (Fsp3) is 0.286. The molecule has 0 radical (unpaired) electrons. The molecule has 0 unspecified atom stereocenters. The van der Waals surface area contributed by atoms with Crippen LogP contribution in [0.5, 0.6) is 0 Å². The first-order chi connectivity index (χ1) is 6.73. The highest BCUT2D eigenvalue weighted by molar-refractivity contribution is 14.1. The van der Waals surface area contributed by atoms with Crippen molar-refractivity contribution < 1.29 is 22.0 Å². The Bertz CT molecular complexity index is 424. The summed E-state index contributed by atoms with van der Waals surface area (Å²) < 4.78 is 60.6. The van der Waals surface area contributed by atoms with E-state index in [9.17, 15) is 26.7 Å². The summed E-state index contributed by atoms with van der Waals surface area (Å²) in [7, 11) is 0. The Labute approximate surface area is 93.6 Å². The van der Waals surface area contributed by atoms with E-state index in [0.29, 0.717) is 6.07 Å². The van der Waals surface area contributed by atoms with Crippen LogP contribution < -0.4 is 5.56 Å². The van der Waals surface area contributed by atoms with Crippen LogP contribution in [-0.2, 0) is 6.18 Å². The van der Waals surface area contributed by atoms with Gasteiger partial charge < -0.3 is 4.98 Å². The molecular formula is C7H3F5INO. The minimum atomic E-state index is -4.85. The van der Waals surface area contributed by atoms with Crippen molar-refractivity contribution in [2.45, 2.75) is 12.6 Å². The second kappa shape index (κ2) is 4.06. The second-order valence-electron chi connectivity index (χ2n) is 2.58. The van der Waals surface area contributed by atoms with Gasteiger partial charge in [0.2, 0.25) is 5.56 Å². The van der Waals surface area contributed by atoms with Gasteiger partial charge in [0.05, 0.1) is 3.57 Å². The molecule has 1 rings (SSSR count). The summed E-state index contributed by atoms with van der Waals surface area (Å²) in [4.78, 5) is 12.2. The van der Waals surface area contributed by atoms with Crippen molar-refractivity contribution in [2.24, 2.45) is 0 Å². The molecule has 1 aromatic heterocycles. The van der Waals surface area contributed by atoms with Crippen molar-refractivity contribution in [2.75, 3.05) is 0 Å². The van der Waals surface area contributed by atoms with Gasteiger partial charge in [-0.25, -0.2) is 8.78 Å². The lowest BCUT2D eigenvalue weighted by Gasteiger charge is -2.11. The van der Waals surface area contributed by atoms with E-state index in [0.717, 1.165) is 22.6 Å². The number of rotatable bonds is 1. The third-order valence-electron chi connectivity index (χ3n) is 1.53. The van der Waals surface area contributed by atoms with Crippen LogP contribution in [0.4, 0.5) is 22.0 Å². The molecule has 8 heteroatoms. The molecule has 0 aliphatic heterocycles. The monoisotopic (exact) mass is 339 g/mol. The van der Waals surface area contributed by atoms with Gasteiger partial charge in [-0.3, -0.25) is 4.79 Å². The summed E-state index contributed by atoms with van der Waals surface area (Å²) in [6.07, 6.45) is -7.96. The molecule has 0 aromatic carbocycles. The Morgan fingerprint density at radius 2 is 1.87 bits per heavy atom. The maximum atomic E-state index is 12.3. The second-order valence-corrected chi connectivity index (χ2v) is 3.66. The van der Waals surface area contributed by atoms with Gasteiger partial charge in [-0.2, -0.15) is 13.2 Å². The number of hydrogen-bond acceptors (Lipinski definition) is 1. The zero-order valence-corrected chi connectivity index (χ0v) is 8.99. The molecule has 0 saturated heterocycles. The smallest absolute Gasteiger partial charge is 0.317 e. The predicted octanol–water partition coefficient (Wildman–Crippen LogP) is 2.94. The number of halogens is 6. The van der Waals surface area contributed by atoms with Gasteiger partial charge in [-0.15, -0.1) is 0 Å². The molecule has 0 fully saturated rings. The van der Waals surface area contributed by atoms with E-state index in [1.807, 2.05) is 0 Å². The normalized spacial score (nSPS) is 12.2. The predicted molar refractivity (Wildman–Crippen MR) is 49.7 cm³/mol. The Morgan fingerprint density at radius 3 is 2.27 bits per heavy atom. The minimum Gasteiger partial charge on any atom is -0.317 e. The lowest BCUT2D eigenvalue weighted by atomic mass is 10.2. The van der Waals surface area contributed by atoms with E-state index in [-0.39, 0.29) is 0 Å². The van der Waals surface area contributed by atoms with Crippen LogP contribution in [0.15, 0.2) is 10.9 Å². The van der Waals surface area contributed by atoms with Gasteiger partial charge in [0.25, 0.3) is 6.43 Å². The fourth-order valence-electron chi connectivity index (χ4n) is 0.917. The molecule has 84 valence electrons. The Hall–Kier alpha value is -0.670. The lowest BCUT2D eigenvalue weighted by Crippen LogP contribution is -2.20. The number of aromatic amines is 1. The molecule has 1 aromatic rings. The highest BCUT2D eigenvalue weighted by Gasteiger charge is 2.36. The molecular weight excluding hydrogens is 336 g/mol. The third-order valence-corrected chi connectivity index (χ3v) is 2.69. The van der Waals surface area contributed by atoms with Crippen molar-refractivity contribution in [3.63, 3.8) is 0 Å². The van der Waals surface area contributed by atoms with Crippen LogP contribution >= 0.6 is 22.6 Å². The standard InChI is InChI=1S/C7H3F5INO/c8-6(9)2-1-3(15)14-5(4(2)13)7(10,11)12/h1,6H,(H,14,15). The van der Waals surface area contributed by atoms with Gasteiger partial charge in [-0.1, -0.05) is 0 Å². The number of nitrogens with one attached hydrogen (secondary N) is 1. The van der Waals surface area contributed by atoms with E-state index < -0.39 is 33.0 Å². The molecule has 0 atom stereocenters. The molecule has 15 heavy (non-hydrogen) atoms. The van der Waals surface area contributed by atoms with Crippen LogP contribution in [0.1, 0.15) is 17.7 Å². The summed E-state index contributed by atoms with van der Waals surface area (Å²) >= 11 is 1.13. The topological polar surface area (TPSA) is 32.9 Å². The first-order valence-corrected chi connectivity index (χ1v) is 4.59. The highest BCUT2D eigenvalue weighted by Crippen LogP contribution is 2.34. The van der Waals surface area contributed by atoms with Gasteiger partial charge in [0.1, 0.15) is 5.69 Å². The van der Waals surface area contributed by atoms with Crippen LogP contribution in [0.3, 0.4) is 0 Å². The molecule has 0 aliphatic rings. The van der Waals surface area contributed by atoms with Crippen molar-refractivity contribution in [3.05, 3.63) is 31.2 Å². The largest absolute Gasteiger partial charge is 0.432 e.